The Bertz CT molecular complexity index is 1780. The molecule has 3 atom stereocenters. The van der Waals surface area contributed by atoms with Crippen LogP contribution in [0.4, 0.5) is 21.5 Å². The quantitative estimate of drug-likeness (QED) is 0.278. The maximum atomic E-state index is 14.7. The molecule has 4 heterocycles. The second-order valence-corrected chi connectivity index (χ2v) is 11.7. The first-order chi connectivity index (χ1) is 21.7. The highest BCUT2D eigenvalue weighted by Crippen LogP contribution is 2.30. The van der Waals surface area contributed by atoms with Crippen molar-refractivity contribution in [2.75, 3.05) is 23.3 Å². The lowest BCUT2D eigenvalue weighted by atomic mass is 10.0. The Hall–Kier alpha value is -4.84. The van der Waals surface area contributed by atoms with E-state index in [4.69, 9.17) is 11.6 Å². The van der Waals surface area contributed by atoms with E-state index in [1.54, 1.807) is 70.5 Å². The van der Waals surface area contributed by atoms with Gasteiger partial charge in [-0.25, -0.2) is 14.4 Å². The summed E-state index contributed by atoms with van der Waals surface area (Å²) in [5.41, 5.74) is 2.98. The van der Waals surface area contributed by atoms with E-state index in [0.717, 1.165) is 0 Å². The monoisotopic (exact) mass is 631 g/mol. The zero-order valence-corrected chi connectivity index (χ0v) is 25.2. The van der Waals surface area contributed by atoms with Crippen LogP contribution in [0, 0.1) is 0 Å². The molecule has 2 aliphatic rings. The maximum absolute atomic E-state index is 14.7. The van der Waals surface area contributed by atoms with Crippen molar-refractivity contribution < 1.29 is 23.6 Å². The summed E-state index contributed by atoms with van der Waals surface area (Å²) in [7, 11) is 0. The number of hydrogen-bond donors (Lipinski definition) is 2. The van der Waals surface area contributed by atoms with Crippen LogP contribution >= 0.6 is 11.6 Å². The lowest BCUT2D eigenvalue weighted by molar-refractivity contribution is -0.139. The number of fused-ring (bicyclic) bond motifs is 1. The number of aromatic nitrogens is 3. The van der Waals surface area contributed by atoms with Gasteiger partial charge in [0.25, 0.3) is 0 Å². The molecule has 2 fully saturated rings. The van der Waals surface area contributed by atoms with E-state index in [2.05, 4.69) is 20.6 Å². The fraction of sp³-hybridized carbons (Fsp3) is 0.312. The van der Waals surface area contributed by atoms with Gasteiger partial charge in [-0.2, -0.15) is 0 Å². The Labute approximate surface area is 263 Å². The number of ketones is 1. The number of halogens is 2. The first kappa shape index (κ1) is 30.2. The molecule has 0 spiro atoms. The molecule has 0 bridgehead atoms. The standard InChI is InChI=1S/C32H31ClFN7O4/c1-19(42)24-16-39(27-9-8-21(12-23(24)27)37-22-13-35-18-36-14-22)17-30(43)41-15-20(34)11-29(41)31(44)38-26-6-4-10-40(32(26)45)28-7-3-2-5-25(28)33/h2-3,5,7-9,12-14,16,18,20,26,29,37H,4,6,10-11,15,17H2,1H3,(H,38,44)/t20-,26?,29+/m1/s1. The number of alkyl halides is 1. The third-order valence-electron chi connectivity index (χ3n) is 8.19. The first-order valence-corrected chi connectivity index (χ1v) is 15.0. The number of nitrogens with one attached hydrogen (secondary N) is 2. The van der Waals surface area contributed by atoms with Gasteiger partial charge in [0.1, 0.15) is 31.1 Å². The minimum Gasteiger partial charge on any atom is -0.353 e. The predicted molar refractivity (Wildman–Crippen MR) is 167 cm³/mol. The number of piperidine rings is 1. The molecule has 45 heavy (non-hydrogen) atoms. The summed E-state index contributed by atoms with van der Waals surface area (Å²) in [6, 6.07) is 10.5. The number of nitrogens with zero attached hydrogens (tertiary/aromatic N) is 5. The maximum Gasteiger partial charge on any atom is 0.249 e. The number of anilines is 3. The van der Waals surface area contributed by atoms with Gasteiger partial charge in [0.15, 0.2) is 5.78 Å². The number of amides is 3. The van der Waals surface area contributed by atoms with Crippen LogP contribution in [0.15, 0.2) is 67.4 Å². The minimum atomic E-state index is -1.39. The van der Waals surface area contributed by atoms with Crippen molar-refractivity contribution in [3.05, 3.63) is 78.0 Å². The summed E-state index contributed by atoms with van der Waals surface area (Å²) < 4.78 is 16.4. The molecule has 2 aromatic heterocycles. The third-order valence-corrected chi connectivity index (χ3v) is 8.51. The van der Waals surface area contributed by atoms with Crippen molar-refractivity contribution >= 4 is 63.1 Å². The number of benzene rings is 2. The van der Waals surface area contributed by atoms with Crippen LogP contribution in [-0.2, 0) is 20.9 Å². The molecule has 11 nitrogen and oxygen atoms in total. The number of hydrogen-bond acceptors (Lipinski definition) is 7. The van der Waals surface area contributed by atoms with Gasteiger partial charge in [-0.15, -0.1) is 0 Å². The molecule has 0 saturated carbocycles. The predicted octanol–water partition coefficient (Wildman–Crippen LogP) is 4.28. The molecule has 232 valence electrons. The van der Waals surface area contributed by atoms with Gasteiger partial charge < -0.3 is 25.0 Å². The molecule has 13 heteroatoms. The lowest BCUT2D eigenvalue weighted by Crippen LogP contribution is -2.56. The zero-order chi connectivity index (χ0) is 31.7. The summed E-state index contributed by atoms with van der Waals surface area (Å²) in [5, 5.41) is 7.02. The molecule has 1 unspecified atom stereocenters. The van der Waals surface area contributed by atoms with Gasteiger partial charge in [0.05, 0.1) is 35.3 Å². The van der Waals surface area contributed by atoms with Crippen LogP contribution in [0.2, 0.25) is 5.02 Å². The van der Waals surface area contributed by atoms with Crippen LogP contribution in [0.3, 0.4) is 0 Å². The SMILES string of the molecule is CC(=O)c1cn(CC(=O)N2C[C@H](F)C[C@H]2C(=O)NC2CCCN(c3ccccc3Cl)C2=O)c2ccc(Nc3cncnc3)cc12. The molecule has 2 aromatic carbocycles. The Morgan fingerprint density at radius 1 is 1.09 bits per heavy atom. The van der Waals surface area contributed by atoms with Gasteiger partial charge in [-0.05, 0) is 50.1 Å². The van der Waals surface area contributed by atoms with Gasteiger partial charge in [-0.3, -0.25) is 19.2 Å². The molecule has 2 saturated heterocycles. The number of carbonyl (C=O) groups excluding carboxylic acids is 4. The van der Waals surface area contributed by atoms with E-state index in [1.807, 2.05) is 0 Å². The van der Waals surface area contributed by atoms with Crippen LogP contribution in [0.1, 0.15) is 36.5 Å². The fourth-order valence-corrected chi connectivity index (χ4v) is 6.29. The summed E-state index contributed by atoms with van der Waals surface area (Å²) >= 11 is 6.32. The molecule has 4 aromatic rings. The van der Waals surface area contributed by atoms with Crippen LogP contribution in [0.25, 0.3) is 10.9 Å². The highest BCUT2D eigenvalue weighted by molar-refractivity contribution is 6.33. The van der Waals surface area contributed by atoms with Gasteiger partial charge >= 0.3 is 0 Å². The van der Waals surface area contributed by atoms with Gasteiger partial charge in [0.2, 0.25) is 17.7 Å². The molecule has 3 amide bonds. The van der Waals surface area contributed by atoms with Crippen LogP contribution in [-0.4, -0.2) is 74.3 Å². The van der Waals surface area contributed by atoms with Crippen molar-refractivity contribution in [3.8, 4) is 0 Å². The van der Waals surface area contributed by atoms with E-state index in [-0.39, 0.29) is 31.2 Å². The van der Waals surface area contributed by atoms with Crippen molar-refractivity contribution in [3.63, 3.8) is 0 Å². The Balaban J connectivity index is 1.18. The number of para-hydroxylation sites is 1. The first-order valence-electron chi connectivity index (χ1n) is 14.6. The molecule has 2 aliphatic heterocycles. The number of rotatable bonds is 8. The molecule has 0 radical (unpaired) electrons. The molecule has 0 aliphatic carbocycles. The van der Waals surface area contributed by atoms with E-state index in [9.17, 15) is 23.6 Å². The van der Waals surface area contributed by atoms with Gasteiger partial charge in [0, 0.05) is 41.3 Å². The Morgan fingerprint density at radius 3 is 2.62 bits per heavy atom. The van der Waals surface area contributed by atoms with E-state index in [1.165, 1.54) is 18.2 Å². The van der Waals surface area contributed by atoms with Crippen LogP contribution < -0.4 is 15.5 Å². The number of likely N-dealkylation sites (tertiary alicyclic amines) is 1. The average Bonchev–Trinajstić information content (AvgIpc) is 3.59. The largest absolute Gasteiger partial charge is 0.353 e. The third kappa shape index (κ3) is 6.23. The Kier molecular flexibility index (Phi) is 8.48. The zero-order valence-electron chi connectivity index (χ0n) is 24.5. The second kappa shape index (κ2) is 12.6. The minimum absolute atomic E-state index is 0.171. The van der Waals surface area contributed by atoms with Crippen molar-refractivity contribution in [1.82, 2.24) is 24.8 Å². The van der Waals surface area contributed by atoms with E-state index < -0.39 is 30.1 Å². The smallest absolute Gasteiger partial charge is 0.249 e. The number of carbonyl (C=O) groups is 4. The second-order valence-electron chi connectivity index (χ2n) is 11.3. The van der Waals surface area contributed by atoms with Crippen molar-refractivity contribution in [2.24, 2.45) is 0 Å². The highest BCUT2D eigenvalue weighted by atomic mass is 35.5. The molecular weight excluding hydrogens is 601 g/mol. The number of Topliss-reactive ketones (excluding diaryl/α,β-unsaturated/α-hetero) is 1. The highest BCUT2D eigenvalue weighted by Gasteiger charge is 2.42. The topological polar surface area (TPSA) is 130 Å². The molecular formula is C32H31ClFN7O4. The summed E-state index contributed by atoms with van der Waals surface area (Å²) in [4.78, 5) is 63.6. The lowest BCUT2D eigenvalue weighted by Gasteiger charge is -2.34. The summed E-state index contributed by atoms with van der Waals surface area (Å²) in [6.45, 7) is 1.45. The normalized spacial score (nSPS) is 20.0. The van der Waals surface area contributed by atoms with Crippen LogP contribution in [0.5, 0.6) is 0 Å². The molecule has 2 N–H and O–H groups in total. The fourth-order valence-electron chi connectivity index (χ4n) is 6.05. The van der Waals surface area contributed by atoms with Crippen molar-refractivity contribution in [1.29, 1.82) is 0 Å². The summed E-state index contributed by atoms with van der Waals surface area (Å²) in [5.74, 6) is -1.54. The average molecular weight is 632 g/mol. The molecule has 6 rings (SSSR count). The summed E-state index contributed by atoms with van der Waals surface area (Å²) in [6.07, 6.45) is 5.75. The Morgan fingerprint density at radius 2 is 1.87 bits per heavy atom. The van der Waals surface area contributed by atoms with Gasteiger partial charge in [-0.1, -0.05) is 23.7 Å². The van der Waals surface area contributed by atoms with E-state index >= 15 is 0 Å². The van der Waals surface area contributed by atoms with Crippen molar-refractivity contribution in [2.45, 2.75) is 51.0 Å². The van der Waals surface area contributed by atoms with E-state index in [0.29, 0.717) is 57.9 Å².